The van der Waals surface area contributed by atoms with Crippen molar-refractivity contribution in [2.24, 2.45) is 5.41 Å². The Kier molecular flexibility index (Phi) is 3.04. The number of hydrogen-bond donors (Lipinski definition) is 0. The summed E-state index contributed by atoms with van der Waals surface area (Å²) in [6.07, 6.45) is 1.75. The fraction of sp³-hybridized carbons (Fsp3) is 0.357. The summed E-state index contributed by atoms with van der Waals surface area (Å²) < 4.78 is 0. The molecule has 1 heterocycles. The smallest absolute Gasteiger partial charge is 0.163 e. The van der Waals surface area contributed by atoms with Gasteiger partial charge in [-0.3, -0.25) is 4.79 Å². The third-order valence-electron chi connectivity index (χ3n) is 2.77. The van der Waals surface area contributed by atoms with E-state index >= 15 is 0 Å². The van der Waals surface area contributed by atoms with E-state index in [1.54, 1.807) is 17.8 Å². The highest BCUT2D eigenvalue weighted by Crippen LogP contribution is 2.44. The summed E-state index contributed by atoms with van der Waals surface area (Å²) >= 11 is 1.65. The van der Waals surface area contributed by atoms with Crippen molar-refractivity contribution < 1.29 is 4.79 Å². The summed E-state index contributed by atoms with van der Waals surface area (Å²) in [5.74, 6) is 0.166. The van der Waals surface area contributed by atoms with Crippen LogP contribution in [0.25, 0.3) is 0 Å². The molecule has 0 radical (unpaired) electrons. The number of ketones is 1. The lowest BCUT2D eigenvalue weighted by molar-refractivity contribution is -0.121. The van der Waals surface area contributed by atoms with Gasteiger partial charge in [0.25, 0.3) is 0 Å². The molecule has 2 rings (SSSR count). The zero-order valence-electron chi connectivity index (χ0n) is 10.7. The lowest BCUT2D eigenvalue weighted by Gasteiger charge is -2.17. The molecule has 3 heteroatoms. The number of nitrogens with zero attached hydrogens (tertiary/aromatic N) is 1. The SMILES string of the molecule is CN1/C(=C/C(=O)C(C)(C)C)Sc2ccccc21. The molecule has 0 atom stereocenters. The van der Waals surface area contributed by atoms with Gasteiger partial charge in [0, 0.05) is 23.4 Å². The minimum Gasteiger partial charge on any atom is -0.338 e. The number of rotatable bonds is 1. The Morgan fingerprint density at radius 1 is 1.29 bits per heavy atom. The maximum atomic E-state index is 12.0. The molecule has 0 bridgehead atoms. The average Bonchev–Trinajstić information content (AvgIpc) is 2.55. The molecule has 2 nitrogen and oxygen atoms in total. The van der Waals surface area contributed by atoms with Gasteiger partial charge in [0.2, 0.25) is 0 Å². The molecule has 1 aromatic carbocycles. The van der Waals surface area contributed by atoms with Gasteiger partial charge in [-0.05, 0) is 12.1 Å². The molecular weight excluding hydrogens is 230 g/mol. The van der Waals surface area contributed by atoms with E-state index in [0.717, 1.165) is 5.03 Å². The second kappa shape index (κ2) is 4.22. The molecule has 0 saturated carbocycles. The van der Waals surface area contributed by atoms with Crippen molar-refractivity contribution in [3.63, 3.8) is 0 Å². The second-order valence-electron chi connectivity index (χ2n) is 5.23. The highest BCUT2D eigenvalue weighted by atomic mass is 32.2. The van der Waals surface area contributed by atoms with E-state index in [-0.39, 0.29) is 11.2 Å². The number of carbonyl (C=O) groups excluding carboxylic acids is 1. The van der Waals surface area contributed by atoms with Gasteiger partial charge in [0.1, 0.15) is 0 Å². The number of allylic oxidation sites excluding steroid dienone is 1. The quantitative estimate of drug-likeness (QED) is 0.706. The van der Waals surface area contributed by atoms with Crippen molar-refractivity contribution in [2.75, 3.05) is 11.9 Å². The van der Waals surface area contributed by atoms with E-state index in [9.17, 15) is 4.79 Å². The zero-order valence-corrected chi connectivity index (χ0v) is 11.5. The van der Waals surface area contributed by atoms with Gasteiger partial charge in [-0.15, -0.1) is 0 Å². The van der Waals surface area contributed by atoms with Crippen LogP contribution in [0, 0.1) is 5.41 Å². The van der Waals surface area contributed by atoms with Crippen molar-refractivity contribution >= 4 is 23.2 Å². The van der Waals surface area contributed by atoms with Gasteiger partial charge in [-0.2, -0.15) is 0 Å². The largest absolute Gasteiger partial charge is 0.338 e. The Morgan fingerprint density at radius 3 is 2.53 bits per heavy atom. The highest BCUT2D eigenvalue weighted by molar-refractivity contribution is 8.03. The predicted octanol–water partition coefficient (Wildman–Crippen LogP) is 3.69. The monoisotopic (exact) mass is 247 g/mol. The summed E-state index contributed by atoms with van der Waals surface area (Å²) in [6, 6.07) is 8.20. The lowest BCUT2D eigenvalue weighted by atomic mass is 9.91. The fourth-order valence-corrected chi connectivity index (χ4v) is 2.66. The summed E-state index contributed by atoms with van der Waals surface area (Å²) in [5.41, 5.74) is 0.855. The number of carbonyl (C=O) groups is 1. The van der Waals surface area contributed by atoms with Crippen molar-refractivity contribution in [2.45, 2.75) is 25.7 Å². The Labute approximate surface area is 107 Å². The third-order valence-corrected chi connectivity index (χ3v) is 3.93. The zero-order chi connectivity index (χ0) is 12.6. The molecular formula is C14H17NOS. The maximum absolute atomic E-state index is 12.0. The van der Waals surface area contributed by atoms with Crippen LogP contribution < -0.4 is 4.90 Å². The molecule has 17 heavy (non-hydrogen) atoms. The van der Waals surface area contributed by atoms with Crippen LogP contribution >= 0.6 is 11.8 Å². The van der Waals surface area contributed by atoms with E-state index in [1.165, 1.54) is 10.6 Å². The predicted molar refractivity (Wildman–Crippen MR) is 73.2 cm³/mol. The normalized spacial score (nSPS) is 17.4. The third kappa shape index (κ3) is 2.39. The molecule has 0 aliphatic carbocycles. The average molecular weight is 247 g/mol. The van der Waals surface area contributed by atoms with Crippen LogP contribution in [0.3, 0.4) is 0 Å². The number of fused-ring (bicyclic) bond motifs is 1. The van der Waals surface area contributed by atoms with Crippen LogP contribution in [-0.4, -0.2) is 12.8 Å². The van der Waals surface area contributed by atoms with E-state index < -0.39 is 0 Å². The minimum absolute atomic E-state index is 0.166. The first kappa shape index (κ1) is 12.2. The Balaban J connectivity index is 2.29. The first-order valence-electron chi connectivity index (χ1n) is 5.66. The molecule has 0 fully saturated rings. The number of hydrogen-bond acceptors (Lipinski definition) is 3. The topological polar surface area (TPSA) is 20.3 Å². The molecule has 0 spiro atoms. The molecule has 0 saturated heterocycles. The van der Waals surface area contributed by atoms with Gasteiger partial charge >= 0.3 is 0 Å². The standard InChI is InChI=1S/C14H17NOS/c1-14(2,3)12(16)9-13-15(4)10-7-5-6-8-11(10)17-13/h5-9H,1-4H3/b13-9-. The first-order chi connectivity index (χ1) is 7.89. The summed E-state index contributed by atoms with van der Waals surface area (Å²) in [6.45, 7) is 5.83. The molecule has 1 aliphatic heterocycles. The Hall–Kier alpha value is -1.22. The van der Waals surface area contributed by atoms with Crippen LogP contribution in [0.2, 0.25) is 0 Å². The van der Waals surface area contributed by atoms with Gasteiger partial charge in [-0.1, -0.05) is 44.7 Å². The summed E-state index contributed by atoms with van der Waals surface area (Å²) in [4.78, 5) is 15.3. The molecule has 0 N–H and O–H groups in total. The molecule has 90 valence electrons. The van der Waals surface area contributed by atoms with Crippen molar-refractivity contribution in [3.05, 3.63) is 35.4 Å². The maximum Gasteiger partial charge on any atom is 0.163 e. The van der Waals surface area contributed by atoms with Gasteiger partial charge in [0.15, 0.2) is 5.78 Å². The van der Waals surface area contributed by atoms with Crippen LogP contribution in [-0.2, 0) is 4.79 Å². The van der Waals surface area contributed by atoms with Crippen LogP contribution in [0.1, 0.15) is 20.8 Å². The van der Waals surface area contributed by atoms with E-state index in [4.69, 9.17) is 0 Å². The van der Waals surface area contributed by atoms with E-state index in [1.807, 2.05) is 40.0 Å². The van der Waals surface area contributed by atoms with Crippen molar-refractivity contribution in [1.29, 1.82) is 0 Å². The highest BCUT2D eigenvalue weighted by Gasteiger charge is 2.25. The Morgan fingerprint density at radius 2 is 1.94 bits per heavy atom. The van der Waals surface area contributed by atoms with Crippen LogP contribution in [0.5, 0.6) is 0 Å². The molecule has 0 aromatic heterocycles. The van der Waals surface area contributed by atoms with Gasteiger partial charge in [-0.25, -0.2) is 0 Å². The number of thioether (sulfide) groups is 1. The van der Waals surface area contributed by atoms with Crippen molar-refractivity contribution in [3.8, 4) is 0 Å². The van der Waals surface area contributed by atoms with Gasteiger partial charge < -0.3 is 4.90 Å². The van der Waals surface area contributed by atoms with Crippen LogP contribution in [0.4, 0.5) is 5.69 Å². The van der Waals surface area contributed by atoms with Gasteiger partial charge in [0.05, 0.1) is 10.7 Å². The summed E-state index contributed by atoms with van der Waals surface area (Å²) in [5, 5.41) is 1.01. The number of para-hydroxylation sites is 1. The fourth-order valence-electron chi connectivity index (χ4n) is 1.58. The minimum atomic E-state index is -0.316. The molecule has 1 aromatic rings. The van der Waals surface area contributed by atoms with E-state index in [0.29, 0.717) is 0 Å². The second-order valence-corrected chi connectivity index (χ2v) is 6.29. The summed E-state index contributed by atoms with van der Waals surface area (Å²) in [7, 11) is 2.00. The first-order valence-corrected chi connectivity index (χ1v) is 6.48. The lowest BCUT2D eigenvalue weighted by Crippen LogP contribution is -2.20. The van der Waals surface area contributed by atoms with Crippen molar-refractivity contribution in [1.82, 2.24) is 0 Å². The van der Waals surface area contributed by atoms with Crippen LogP contribution in [0.15, 0.2) is 40.3 Å². The Bertz CT molecular complexity index is 485. The number of anilines is 1. The number of benzene rings is 1. The molecule has 0 unspecified atom stereocenters. The van der Waals surface area contributed by atoms with E-state index in [2.05, 4.69) is 17.0 Å². The molecule has 0 amide bonds. The molecule has 1 aliphatic rings.